The Morgan fingerprint density at radius 1 is 1.32 bits per heavy atom. The van der Waals surface area contributed by atoms with Gasteiger partial charge in [-0.05, 0) is 42.0 Å². The van der Waals surface area contributed by atoms with E-state index in [9.17, 15) is 22.8 Å². The minimum absolute atomic E-state index is 0.0457. The number of methoxy groups -OCH3 is 1. The molecule has 0 unspecified atom stereocenters. The zero-order valence-corrected chi connectivity index (χ0v) is 16.8. The monoisotopic (exact) mass is 424 g/mol. The highest BCUT2D eigenvalue weighted by Crippen LogP contribution is 2.32. The Balaban J connectivity index is 1.56. The molecule has 1 aromatic rings. The summed E-state index contributed by atoms with van der Waals surface area (Å²) in [5.74, 6) is -0.129. The van der Waals surface area contributed by atoms with E-state index in [1.54, 1.807) is 37.5 Å². The van der Waals surface area contributed by atoms with Gasteiger partial charge < -0.3 is 10.1 Å². The van der Waals surface area contributed by atoms with Gasteiger partial charge in [0.15, 0.2) is 9.84 Å². The van der Waals surface area contributed by atoms with Crippen LogP contribution in [0.4, 0.5) is 4.79 Å². The lowest BCUT2D eigenvalue weighted by Crippen LogP contribution is -2.38. The summed E-state index contributed by atoms with van der Waals surface area (Å²) in [5, 5.41) is 2.22. The highest BCUT2D eigenvalue weighted by Gasteiger charge is 2.35. The lowest BCUT2D eigenvalue weighted by Gasteiger charge is -2.14. The number of hydrogen-bond donors (Lipinski definition) is 1. The van der Waals surface area contributed by atoms with Gasteiger partial charge in [0.1, 0.15) is 5.75 Å². The number of imide groups is 1. The minimum Gasteiger partial charge on any atom is -0.497 e. The van der Waals surface area contributed by atoms with Crippen LogP contribution in [0.1, 0.15) is 18.4 Å². The van der Waals surface area contributed by atoms with Crippen molar-refractivity contribution in [1.29, 1.82) is 0 Å². The van der Waals surface area contributed by atoms with Crippen LogP contribution in [-0.4, -0.2) is 61.6 Å². The SMILES string of the molecule is COc1ccc(/C=C2\SC(=O)N(CCC(=O)N[C@H]3CCS(=O)(=O)C3)C2=O)cc1. The Labute approximate surface area is 167 Å². The second-order valence-electron chi connectivity index (χ2n) is 6.52. The standard InChI is InChI=1S/C18H20N2O6S2/c1-26-14-4-2-12(3-5-14)10-15-17(22)20(18(23)27-15)8-6-16(21)19-13-7-9-28(24,25)11-13/h2-5,10,13H,6-9,11H2,1H3,(H,19,21)/b15-10-/t13-/m0/s1. The predicted octanol–water partition coefficient (Wildman–Crippen LogP) is 1.42. The number of sulfone groups is 1. The molecule has 3 amide bonds. The molecule has 2 aliphatic rings. The van der Waals surface area contributed by atoms with Gasteiger partial charge in [-0.1, -0.05) is 12.1 Å². The molecule has 0 radical (unpaired) electrons. The van der Waals surface area contributed by atoms with Crippen molar-refractivity contribution in [2.75, 3.05) is 25.2 Å². The fraction of sp³-hybridized carbons (Fsp3) is 0.389. The van der Waals surface area contributed by atoms with Crippen molar-refractivity contribution in [2.45, 2.75) is 18.9 Å². The van der Waals surface area contributed by atoms with Crippen LogP contribution in [0.3, 0.4) is 0 Å². The van der Waals surface area contributed by atoms with Crippen molar-refractivity contribution >= 4 is 44.7 Å². The summed E-state index contributed by atoms with van der Waals surface area (Å²) in [6.07, 6.45) is 1.94. The maximum absolute atomic E-state index is 12.5. The van der Waals surface area contributed by atoms with Crippen LogP contribution in [0, 0.1) is 0 Å². The number of carbonyl (C=O) groups is 3. The summed E-state index contributed by atoms with van der Waals surface area (Å²) in [6.45, 7) is -0.0457. The molecule has 2 heterocycles. The Hall–Kier alpha value is -2.33. The van der Waals surface area contributed by atoms with Gasteiger partial charge in [0.05, 0.1) is 23.5 Å². The molecule has 0 aliphatic carbocycles. The van der Waals surface area contributed by atoms with Gasteiger partial charge in [0.2, 0.25) is 5.91 Å². The van der Waals surface area contributed by atoms with E-state index in [4.69, 9.17) is 4.74 Å². The first-order valence-corrected chi connectivity index (χ1v) is 11.3. The minimum atomic E-state index is -3.08. The van der Waals surface area contributed by atoms with Crippen molar-refractivity contribution in [3.8, 4) is 5.75 Å². The van der Waals surface area contributed by atoms with Gasteiger partial charge in [-0.25, -0.2) is 8.42 Å². The van der Waals surface area contributed by atoms with E-state index < -0.39 is 27.0 Å². The third-order valence-electron chi connectivity index (χ3n) is 4.45. The lowest BCUT2D eigenvalue weighted by atomic mass is 10.2. The van der Waals surface area contributed by atoms with Crippen molar-refractivity contribution in [2.24, 2.45) is 0 Å². The molecule has 1 N–H and O–H groups in total. The molecular formula is C18H20N2O6S2. The maximum atomic E-state index is 12.5. The van der Waals surface area contributed by atoms with E-state index in [0.29, 0.717) is 12.2 Å². The number of thioether (sulfide) groups is 1. The molecule has 150 valence electrons. The van der Waals surface area contributed by atoms with E-state index in [1.807, 2.05) is 0 Å². The number of carbonyl (C=O) groups excluding carboxylic acids is 3. The first kappa shape index (κ1) is 20.4. The van der Waals surface area contributed by atoms with Crippen molar-refractivity contribution in [3.63, 3.8) is 0 Å². The fourth-order valence-electron chi connectivity index (χ4n) is 2.97. The molecule has 0 saturated carbocycles. The van der Waals surface area contributed by atoms with Crippen LogP contribution in [0.25, 0.3) is 6.08 Å². The molecule has 3 rings (SSSR count). The zero-order valence-electron chi connectivity index (χ0n) is 15.2. The van der Waals surface area contributed by atoms with E-state index in [0.717, 1.165) is 22.2 Å². The molecule has 1 atom stereocenters. The lowest BCUT2D eigenvalue weighted by molar-refractivity contribution is -0.124. The van der Waals surface area contributed by atoms with Crippen LogP contribution in [0.15, 0.2) is 29.2 Å². The van der Waals surface area contributed by atoms with Crippen LogP contribution in [0.2, 0.25) is 0 Å². The summed E-state index contributed by atoms with van der Waals surface area (Å²) in [7, 11) is -1.53. The quantitative estimate of drug-likeness (QED) is 0.688. The largest absolute Gasteiger partial charge is 0.497 e. The van der Waals surface area contributed by atoms with Gasteiger partial charge in [-0.2, -0.15) is 0 Å². The molecule has 2 aliphatic heterocycles. The molecule has 10 heteroatoms. The Bertz CT molecular complexity index is 924. The summed E-state index contributed by atoms with van der Waals surface area (Å²) in [4.78, 5) is 37.9. The number of nitrogens with one attached hydrogen (secondary N) is 1. The highest BCUT2D eigenvalue weighted by atomic mass is 32.2. The summed E-state index contributed by atoms with van der Waals surface area (Å²) in [6, 6.07) is 6.65. The first-order valence-electron chi connectivity index (χ1n) is 8.66. The number of ether oxygens (including phenoxy) is 1. The van der Waals surface area contributed by atoms with Crippen molar-refractivity contribution < 1.29 is 27.5 Å². The van der Waals surface area contributed by atoms with Crippen LogP contribution < -0.4 is 10.1 Å². The molecule has 0 aromatic heterocycles. The second kappa shape index (κ2) is 8.36. The molecule has 2 saturated heterocycles. The number of rotatable bonds is 6. The van der Waals surface area contributed by atoms with Gasteiger partial charge in [0, 0.05) is 19.0 Å². The number of amides is 3. The summed E-state index contributed by atoms with van der Waals surface area (Å²) >= 11 is 0.827. The average Bonchev–Trinajstić information content (AvgIpc) is 3.12. The third kappa shape index (κ3) is 4.93. The number of hydrogen-bond acceptors (Lipinski definition) is 7. The molecular weight excluding hydrogens is 404 g/mol. The summed E-state index contributed by atoms with van der Waals surface area (Å²) in [5.41, 5.74) is 0.756. The normalized spacial score (nSPS) is 22.7. The molecule has 8 nitrogen and oxygen atoms in total. The van der Waals surface area contributed by atoms with E-state index in [-0.39, 0.29) is 35.3 Å². The Kier molecular flexibility index (Phi) is 6.09. The van der Waals surface area contributed by atoms with E-state index in [2.05, 4.69) is 5.32 Å². The van der Waals surface area contributed by atoms with Gasteiger partial charge in [0.25, 0.3) is 11.1 Å². The summed E-state index contributed by atoms with van der Waals surface area (Å²) < 4.78 is 27.9. The fourth-order valence-corrected chi connectivity index (χ4v) is 5.50. The van der Waals surface area contributed by atoms with Crippen LogP contribution in [-0.2, 0) is 19.4 Å². The third-order valence-corrected chi connectivity index (χ3v) is 7.12. The molecule has 28 heavy (non-hydrogen) atoms. The van der Waals surface area contributed by atoms with Crippen LogP contribution in [0.5, 0.6) is 5.75 Å². The predicted molar refractivity (Wildman–Crippen MR) is 105 cm³/mol. The Morgan fingerprint density at radius 2 is 2.04 bits per heavy atom. The first-order chi connectivity index (χ1) is 13.3. The highest BCUT2D eigenvalue weighted by molar-refractivity contribution is 8.18. The van der Waals surface area contributed by atoms with Crippen LogP contribution >= 0.6 is 11.8 Å². The maximum Gasteiger partial charge on any atom is 0.293 e. The van der Waals surface area contributed by atoms with Gasteiger partial charge in [-0.15, -0.1) is 0 Å². The van der Waals surface area contributed by atoms with Crippen molar-refractivity contribution in [1.82, 2.24) is 10.2 Å². The van der Waals surface area contributed by atoms with E-state index in [1.165, 1.54) is 0 Å². The smallest absolute Gasteiger partial charge is 0.293 e. The number of nitrogens with zero attached hydrogens (tertiary/aromatic N) is 1. The number of benzene rings is 1. The molecule has 0 bridgehead atoms. The molecule has 0 spiro atoms. The molecule has 1 aromatic carbocycles. The zero-order chi connectivity index (χ0) is 20.3. The van der Waals surface area contributed by atoms with Crippen molar-refractivity contribution in [3.05, 3.63) is 34.7 Å². The molecule has 2 fully saturated rings. The second-order valence-corrected chi connectivity index (χ2v) is 9.75. The Morgan fingerprint density at radius 3 is 2.64 bits per heavy atom. The van der Waals surface area contributed by atoms with E-state index >= 15 is 0 Å². The average molecular weight is 425 g/mol. The van der Waals surface area contributed by atoms with Gasteiger partial charge in [-0.3, -0.25) is 19.3 Å². The van der Waals surface area contributed by atoms with Gasteiger partial charge >= 0.3 is 0 Å². The topological polar surface area (TPSA) is 110 Å².